The first-order valence-electron chi connectivity index (χ1n) is 6.32. The number of ether oxygens (including phenoxy) is 1. The number of nitrogens with zero attached hydrogens (tertiary/aromatic N) is 2. The molecule has 0 radical (unpaired) electrons. The molecule has 0 spiro atoms. The Morgan fingerprint density at radius 2 is 1.95 bits per heavy atom. The van der Waals surface area contributed by atoms with E-state index in [1.54, 1.807) is 7.11 Å². The molecule has 3 rings (SSSR count). The van der Waals surface area contributed by atoms with E-state index < -0.39 is 0 Å². The van der Waals surface area contributed by atoms with Crippen molar-refractivity contribution in [2.45, 2.75) is 13.3 Å². The summed E-state index contributed by atoms with van der Waals surface area (Å²) in [5, 5.41) is 0. The Kier molecular flexibility index (Phi) is 2.95. The Morgan fingerprint density at radius 3 is 2.68 bits per heavy atom. The molecule has 0 aliphatic heterocycles. The molecule has 3 nitrogen and oxygen atoms in total. The number of pyridine rings is 1. The van der Waals surface area contributed by atoms with Gasteiger partial charge in [-0.25, -0.2) is 4.98 Å². The molecule has 0 amide bonds. The van der Waals surface area contributed by atoms with Gasteiger partial charge in [-0.1, -0.05) is 12.1 Å². The molecule has 2 aromatic heterocycles. The lowest BCUT2D eigenvalue weighted by atomic mass is 10.1. The van der Waals surface area contributed by atoms with Crippen LogP contribution in [0.4, 0.5) is 0 Å². The molecule has 2 heterocycles. The van der Waals surface area contributed by atoms with E-state index in [-0.39, 0.29) is 0 Å². The van der Waals surface area contributed by atoms with Crippen LogP contribution in [0, 0.1) is 6.92 Å². The van der Waals surface area contributed by atoms with E-state index in [2.05, 4.69) is 53.0 Å². The second-order valence-corrected chi connectivity index (χ2v) is 4.73. The quantitative estimate of drug-likeness (QED) is 0.715. The number of fused-ring (bicyclic) bond motifs is 1. The second kappa shape index (κ2) is 4.76. The summed E-state index contributed by atoms with van der Waals surface area (Å²) in [5.41, 5.74) is 4.55. The van der Waals surface area contributed by atoms with Crippen LogP contribution in [-0.2, 0) is 6.42 Å². The zero-order valence-electron chi connectivity index (χ0n) is 11.1. The lowest BCUT2D eigenvalue weighted by molar-refractivity contribution is 0.414. The van der Waals surface area contributed by atoms with Crippen molar-refractivity contribution in [2.75, 3.05) is 7.11 Å². The van der Waals surface area contributed by atoms with E-state index in [0.717, 1.165) is 23.5 Å². The lowest BCUT2D eigenvalue weighted by Crippen LogP contribution is -1.89. The number of aryl methyl sites for hydroxylation is 1. The minimum atomic E-state index is 0.838. The van der Waals surface area contributed by atoms with Crippen LogP contribution in [-0.4, -0.2) is 16.5 Å². The molecule has 3 heteroatoms. The summed E-state index contributed by atoms with van der Waals surface area (Å²) < 4.78 is 7.22. The van der Waals surface area contributed by atoms with Crippen LogP contribution in [0.3, 0.4) is 0 Å². The van der Waals surface area contributed by atoms with Crippen LogP contribution in [0.5, 0.6) is 5.75 Å². The molecule has 0 aliphatic rings. The number of benzene rings is 1. The fraction of sp³-hybridized carbons (Fsp3) is 0.188. The number of imidazole rings is 1. The zero-order valence-corrected chi connectivity index (χ0v) is 11.1. The normalized spacial score (nSPS) is 10.8. The summed E-state index contributed by atoms with van der Waals surface area (Å²) in [6, 6.07) is 12.3. The van der Waals surface area contributed by atoms with Crippen LogP contribution in [0.2, 0.25) is 0 Å². The van der Waals surface area contributed by atoms with Gasteiger partial charge in [0.1, 0.15) is 11.4 Å². The molecule has 1 aromatic carbocycles. The molecule has 0 saturated carbocycles. The van der Waals surface area contributed by atoms with Gasteiger partial charge in [-0.2, -0.15) is 0 Å². The molecular formula is C16H16N2O. The fourth-order valence-electron chi connectivity index (χ4n) is 2.17. The van der Waals surface area contributed by atoms with E-state index in [4.69, 9.17) is 4.74 Å². The molecule has 0 unspecified atom stereocenters. The molecule has 0 saturated heterocycles. The summed E-state index contributed by atoms with van der Waals surface area (Å²) in [6.07, 6.45) is 4.97. The van der Waals surface area contributed by atoms with Crippen molar-refractivity contribution >= 4 is 5.65 Å². The average Bonchev–Trinajstić information content (AvgIpc) is 2.81. The molecule has 0 atom stereocenters. The molecule has 0 bridgehead atoms. The van der Waals surface area contributed by atoms with Crippen LogP contribution in [0.25, 0.3) is 5.65 Å². The lowest BCUT2D eigenvalue weighted by Gasteiger charge is -2.01. The predicted octanol–water partition coefficient (Wildman–Crippen LogP) is 3.24. The maximum Gasteiger partial charge on any atom is 0.137 e. The van der Waals surface area contributed by atoms with Gasteiger partial charge >= 0.3 is 0 Å². The Balaban J connectivity index is 1.87. The van der Waals surface area contributed by atoms with Crippen molar-refractivity contribution in [2.24, 2.45) is 0 Å². The third-order valence-corrected chi connectivity index (χ3v) is 3.21. The topological polar surface area (TPSA) is 26.5 Å². The van der Waals surface area contributed by atoms with Crippen molar-refractivity contribution in [1.29, 1.82) is 0 Å². The van der Waals surface area contributed by atoms with Crippen LogP contribution in [0.15, 0.2) is 48.8 Å². The van der Waals surface area contributed by atoms with E-state index in [9.17, 15) is 0 Å². The highest BCUT2D eigenvalue weighted by molar-refractivity contribution is 5.43. The van der Waals surface area contributed by atoms with Crippen LogP contribution in [0.1, 0.15) is 16.8 Å². The van der Waals surface area contributed by atoms with E-state index in [1.165, 1.54) is 11.1 Å². The minimum Gasteiger partial charge on any atom is -0.497 e. The maximum absolute atomic E-state index is 5.16. The van der Waals surface area contributed by atoms with E-state index in [1.807, 2.05) is 12.1 Å². The Morgan fingerprint density at radius 1 is 1.16 bits per heavy atom. The summed E-state index contributed by atoms with van der Waals surface area (Å²) in [6.45, 7) is 2.08. The highest BCUT2D eigenvalue weighted by Crippen LogP contribution is 2.15. The third kappa shape index (κ3) is 2.45. The van der Waals surface area contributed by atoms with Gasteiger partial charge in [-0.05, 0) is 42.3 Å². The molecule has 0 fully saturated rings. The first-order valence-corrected chi connectivity index (χ1v) is 6.32. The standard InChI is InChI=1S/C16H16N2O/c1-12-7-8-18-11-14(17-16(18)9-12)10-13-3-5-15(19-2)6-4-13/h3-9,11H,10H2,1-2H3. The Hall–Kier alpha value is -2.29. The molecule has 0 aliphatic carbocycles. The monoisotopic (exact) mass is 252 g/mol. The number of aromatic nitrogens is 2. The number of rotatable bonds is 3. The van der Waals surface area contributed by atoms with Gasteiger partial charge in [-0.3, -0.25) is 0 Å². The summed E-state index contributed by atoms with van der Waals surface area (Å²) >= 11 is 0. The minimum absolute atomic E-state index is 0.838. The largest absolute Gasteiger partial charge is 0.497 e. The van der Waals surface area contributed by atoms with Crippen molar-refractivity contribution in [3.05, 3.63) is 65.6 Å². The summed E-state index contributed by atoms with van der Waals surface area (Å²) in [5.74, 6) is 0.884. The van der Waals surface area contributed by atoms with Crippen molar-refractivity contribution in [3.8, 4) is 5.75 Å². The van der Waals surface area contributed by atoms with Crippen molar-refractivity contribution < 1.29 is 4.74 Å². The third-order valence-electron chi connectivity index (χ3n) is 3.21. The van der Waals surface area contributed by atoms with Gasteiger partial charge in [0, 0.05) is 18.8 Å². The van der Waals surface area contributed by atoms with Crippen LogP contribution < -0.4 is 4.74 Å². The first-order chi connectivity index (χ1) is 9.24. The Bertz CT molecular complexity index is 698. The smallest absolute Gasteiger partial charge is 0.137 e. The van der Waals surface area contributed by atoms with Gasteiger partial charge in [0.25, 0.3) is 0 Å². The molecule has 3 aromatic rings. The number of methoxy groups -OCH3 is 1. The Labute approximate surface area is 112 Å². The number of hydrogen-bond acceptors (Lipinski definition) is 2. The van der Waals surface area contributed by atoms with E-state index in [0.29, 0.717) is 0 Å². The molecular weight excluding hydrogens is 236 g/mol. The average molecular weight is 252 g/mol. The second-order valence-electron chi connectivity index (χ2n) is 4.73. The SMILES string of the molecule is COc1ccc(Cc2cn3ccc(C)cc3n2)cc1. The highest BCUT2D eigenvalue weighted by Gasteiger charge is 2.03. The van der Waals surface area contributed by atoms with Crippen molar-refractivity contribution in [1.82, 2.24) is 9.38 Å². The van der Waals surface area contributed by atoms with Gasteiger partial charge in [0.2, 0.25) is 0 Å². The predicted molar refractivity (Wildman–Crippen MR) is 75.7 cm³/mol. The van der Waals surface area contributed by atoms with Crippen LogP contribution >= 0.6 is 0 Å². The molecule has 19 heavy (non-hydrogen) atoms. The van der Waals surface area contributed by atoms with Gasteiger partial charge in [0.05, 0.1) is 12.8 Å². The van der Waals surface area contributed by atoms with Crippen molar-refractivity contribution in [3.63, 3.8) is 0 Å². The maximum atomic E-state index is 5.16. The highest BCUT2D eigenvalue weighted by atomic mass is 16.5. The fourth-order valence-corrected chi connectivity index (χ4v) is 2.17. The van der Waals surface area contributed by atoms with Gasteiger partial charge in [0.15, 0.2) is 0 Å². The van der Waals surface area contributed by atoms with E-state index >= 15 is 0 Å². The molecule has 96 valence electrons. The van der Waals surface area contributed by atoms with Gasteiger partial charge in [-0.15, -0.1) is 0 Å². The first kappa shape index (κ1) is 11.8. The summed E-state index contributed by atoms with van der Waals surface area (Å²) in [4.78, 5) is 4.64. The number of hydrogen-bond donors (Lipinski definition) is 0. The van der Waals surface area contributed by atoms with Gasteiger partial charge < -0.3 is 9.14 Å². The molecule has 0 N–H and O–H groups in total. The summed E-state index contributed by atoms with van der Waals surface area (Å²) in [7, 11) is 1.68. The zero-order chi connectivity index (χ0) is 13.2.